The summed E-state index contributed by atoms with van der Waals surface area (Å²) in [6.45, 7) is 15.1. The highest BCUT2D eigenvalue weighted by Gasteiger charge is 2.45. The van der Waals surface area contributed by atoms with Crippen LogP contribution < -0.4 is 26.0 Å². The Morgan fingerprint density at radius 3 is 2.09 bits per heavy atom. The summed E-state index contributed by atoms with van der Waals surface area (Å²) in [4.78, 5) is 41.3. The van der Waals surface area contributed by atoms with E-state index in [2.05, 4.69) is 52.5 Å². The number of methoxy groups -OCH3 is 2. The first-order valence-electron chi connectivity index (χ1n) is 21.7. The van der Waals surface area contributed by atoms with Gasteiger partial charge in [0, 0.05) is 32.8 Å². The van der Waals surface area contributed by atoms with Crippen molar-refractivity contribution in [3.05, 3.63) is 128 Å². The average Bonchev–Trinajstić information content (AvgIpc) is 3.67. The van der Waals surface area contributed by atoms with Gasteiger partial charge in [-0.2, -0.15) is 5.26 Å². The van der Waals surface area contributed by atoms with Gasteiger partial charge in [0.05, 0.1) is 59.2 Å². The van der Waals surface area contributed by atoms with Crippen LogP contribution in [0.25, 0.3) is 0 Å². The Morgan fingerprint density at radius 2 is 1.54 bits per heavy atom. The van der Waals surface area contributed by atoms with Crippen molar-refractivity contribution in [2.75, 3.05) is 40.6 Å². The molecule has 17 heteroatoms. The Hall–Kier alpha value is -5.29. The van der Waals surface area contributed by atoms with Gasteiger partial charge in [-0.15, -0.1) is 0 Å². The van der Waals surface area contributed by atoms with Gasteiger partial charge in [-0.05, 0) is 74.7 Å². The van der Waals surface area contributed by atoms with Crippen LogP contribution in [0.15, 0.2) is 94.6 Å². The van der Waals surface area contributed by atoms with Gasteiger partial charge in [-0.3, -0.25) is 14.3 Å². The van der Waals surface area contributed by atoms with E-state index in [0.717, 1.165) is 22.7 Å². The number of amides is 1. The molecule has 1 amide bonds. The highest BCUT2D eigenvalue weighted by Crippen LogP contribution is 2.50. The molecule has 1 aliphatic heterocycles. The van der Waals surface area contributed by atoms with Gasteiger partial charge in [0.15, 0.2) is 0 Å². The van der Waals surface area contributed by atoms with Crippen molar-refractivity contribution in [3.63, 3.8) is 0 Å². The van der Waals surface area contributed by atoms with E-state index in [1.165, 1.54) is 10.8 Å². The number of aromatic nitrogens is 2. The van der Waals surface area contributed by atoms with Crippen LogP contribution in [0.1, 0.15) is 69.0 Å². The minimum atomic E-state index is -1.76. The van der Waals surface area contributed by atoms with Gasteiger partial charge >= 0.3 is 11.8 Å². The van der Waals surface area contributed by atoms with E-state index >= 15 is 0 Å². The zero-order valence-electron chi connectivity index (χ0n) is 38.8. The number of rotatable bonds is 21. The molecule has 0 aliphatic carbocycles. The maximum Gasteiger partial charge on any atom is 0.407 e. The van der Waals surface area contributed by atoms with Gasteiger partial charge in [-0.25, -0.2) is 14.3 Å². The van der Waals surface area contributed by atoms with Crippen molar-refractivity contribution >= 4 is 22.7 Å². The molecule has 0 bridgehead atoms. The fourth-order valence-electron chi connectivity index (χ4n) is 7.37. The molecule has 4 aromatic rings. The van der Waals surface area contributed by atoms with Gasteiger partial charge in [-0.1, -0.05) is 86.1 Å². The summed E-state index contributed by atoms with van der Waals surface area (Å²) in [7, 11) is 0.0834. The molecular formula is C48H62N5O10PSi. The van der Waals surface area contributed by atoms with E-state index in [-0.39, 0.29) is 50.2 Å². The minimum absolute atomic E-state index is 0.00532. The number of benzene rings is 3. The standard InChI is InChI=1S/C48H62N5O10PSi/c1-34(2)53(35(3)4)64(61-28-14-26-49)63-42-31-44(52-32-36(45(54)51-46(52)55)15-13-27-50-47(56)59-29-30-65(7,8)9)62-43(42)33-60-48(37-16-11-10-12-17-37,38-18-22-40(57-5)23-19-38)39-20-24-41(58-6)25-21-39/h10-12,16-25,32,34-35,42-44H,14,27-31,33H2,1-9H3,(H,50,56)(H,51,54,55)/t42-,43+,44+,64?/m0/s1. The second kappa shape index (κ2) is 23.8. The number of nitriles is 1. The smallest absolute Gasteiger partial charge is 0.407 e. The molecular weight excluding hydrogens is 866 g/mol. The maximum atomic E-state index is 13.6. The predicted octanol–water partition coefficient (Wildman–Crippen LogP) is 7.93. The number of carbonyl (C=O) groups excluding carboxylic acids is 1. The number of alkyl carbamates (subject to hydrolysis) is 1. The largest absolute Gasteiger partial charge is 0.497 e. The van der Waals surface area contributed by atoms with Crippen LogP contribution in [-0.2, 0) is 28.9 Å². The van der Waals surface area contributed by atoms with Crippen LogP contribution >= 0.6 is 8.53 Å². The molecule has 1 aliphatic rings. The third kappa shape index (κ3) is 13.6. The lowest BCUT2D eigenvalue weighted by Gasteiger charge is -2.39. The molecule has 65 heavy (non-hydrogen) atoms. The molecule has 15 nitrogen and oxygen atoms in total. The highest BCUT2D eigenvalue weighted by molar-refractivity contribution is 7.44. The fourth-order valence-corrected chi connectivity index (χ4v) is 9.84. The van der Waals surface area contributed by atoms with Crippen molar-refractivity contribution in [1.82, 2.24) is 19.5 Å². The molecule has 1 aromatic heterocycles. The zero-order chi connectivity index (χ0) is 47.1. The van der Waals surface area contributed by atoms with E-state index in [1.54, 1.807) is 14.2 Å². The Bertz CT molecular complexity index is 2320. The molecule has 0 saturated carbocycles. The normalized spacial score (nSPS) is 16.8. The minimum Gasteiger partial charge on any atom is -0.497 e. The third-order valence-electron chi connectivity index (χ3n) is 10.6. The summed E-state index contributed by atoms with van der Waals surface area (Å²) in [5.41, 5.74) is -0.142. The molecule has 4 atom stereocenters. The van der Waals surface area contributed by atoms with E-state index < -0.39 is 58.0 Å². The molecule has 2 N–H and O–H groups in total. The van der Waals surface area contributed by atoms with Crippen molar-refractivity contribution in [3.8, 4) is 29.4 Å². The molecule has 348 valence electrons. The number of carbonyl (C=O) groups is 1. The first kappa shape index (κ1) is 50.7. The molecule has 3 aromatic carbocycles. The summed E-state index contributed by atoms with van der Waals surface area (Å²) in [5, 5.41) is 12.0. The molecule has 1 fully saturated rings. The summed E-state index contributed by atoms with van der Waals surface area (Å²) >= 11 is 0. The number of nitrogens with one attached hydrogen (secondary N) is 2. The number of hydrogen-bond donors (Lipinski definition) is 2. The quantitative estimate of drug-likeness (QED) is 0.0272. The van der Waals surface area contributed by atoms with E-state index in [9.17, 15) is 19.6 Å². The molecule has 1 saturated heterocycles. The number of hydrogen-bond acceptors (Lipinski definition) is 12. The second-order valence-corrected chi connectivity index (χ2v) is 24.2. The lowest BCUT2D eigenvalue weighted by atomic mass is 9.80. The van der Waals surface area contributed by atoms with Gasteiger partial charge in [0.2, 0.25) is 0 Å². The monoisotopic (exact) mass is 927 g/mol. The second-order valence-electron chi connectivity index (χ2n) is 17.2. The van der Waals surface area contributed by atoms with Crippen molar-refractivity contribution in [2.45, 2.75) is 102 Å². The van der Waals surface area contributed by atoms with Crippen molar-refractivity contribution in [2.24, 2.45) is 0 Å². The van der Waals surface area contributed by atoms with Crippen LogP contribution in [-0.4, -0.2) is 93.3 Å². The zero-order valence-corrected chi connectivity index (χ0v) is 40.7. The van der Waals surface area contributed by atoms with E-state index in [4.69, 9.17) is 32.7 Å². The average molecular weight is 928 g/mol. The van der Waals surface area contributed by atoms with Gasteiger partial charge in [0.1, 0.15) is 35.0 Å². The van der Waals surface area contributed by atoms with Gasteiger partial charge in [0.25, 0.3) is 14.1 Å². The van der Waals surface area contributed by atoms with Crippen molar-refractivity contribution in [1.29, 1.82) is 5.26 Å². The fraction of sp³-hybridized carbons (Fsp3) is 0.458. The van der Waals surface area contributed by atoms with Crippen LogP contribution in [0.3, 0.4) is 0 Å². The topological polar surface area (TPSA) is 176 Å². The number of ether oxygens (including phenoxy) is 5. The van der Waals surface area contributed by atoms with E-state index in [1.807, 2.05) is 107 Å². The maximum absolute atomic E-state index is 13.6. The Kier molecular flexibility index (Phi) is 18.5. The number of H-pyrrole nitrogens is 1. The first-order chi connectivity index (χ1) is 31.1. The summed E-state index contributed by atoms with van der Waals surface area (Å²) in [6.07, 6.45) is -1.37. The highest BCUT2D eigenvalue weighted by atomic mass is 31.2. The number of aromatic amines is 1. The molecule has 5 rings (SSSR count). The summed E-state index contributed by atoms with van der Waals surface area (Å²) < 4.78 is 47.1. The van der Waals surface area contributed by atoms with Crippen LogP contribution in [0.5, 0.6) is 11.5 Å². The van der Waals surface area contributed by atoms with Gasteiger partial charge < -0.3 is 38.0 Å². The van der Waals surface area contributed by atoms with Crippen molar-refractivity contribution < 1.29 is 37.5 Å². The van der Waals surface area contributed by atoms with E-state index in [0.29, 0.717) is 18.1 Å². The lowest BCUT2D eigenvalue weighted by Crippen LogP contribution is -2.39. The molecule has 2 heterocycles. The lowest BCUT2D eigenvalue weighted by molar-refractivity contribution is -0.0925. The van der Waals surface area contributed by atoms with Crippen LogP contribution in [0, 0.1) is 23.2 Å². The van der Waals surface area contributed by atoms with Crippen LogP contribution in [0.2, 0.25) is 25.7 Å². The summed E-state index contributed by atoms with van der Waals surface area (Å²) in [5.74, 6) is 6.91. The number of nitrogens with zero attached hydrogens (tertiary/aromatic N) is 3. The Labute approximate surface area is 384 Å². The van der Waals surface area contributed by atoms with Crippen LogP contribution in [0.4, 0.5) is 4.79 Å². The Balaban J connectivity index is 1.54. The molecule has 0 spiro atoms. The third-order valence-corrected chi connectivity index (χ3v) is 14.5. The molecule has 1 unspecified atom stereocenters. The molecule has 0 radical (unpaired) electrons. The predicted molar refractivity (Wildman–Crippen MR) is 253 cm³/mol. The summed E-state index contributed by atoms with van der Waals surface area (Å²) in [6, 6.07) is 28.2. The Morgan fingerprint density at radius 1 is 0.938 bits per heavy atom. The first-order valence-corrected chi connectivity index (χ1v) is 26.6. The SMILES string of the molecule is COc1ccc(C(OC[C@H]2O[C@@H](n3cc(C#CCNC(=O)OCC[Si](C)(C)C)c(=O)[nH]c3=O)C[C@@H]2OP(OCCC#N)N(C(C)C)C(C)C)(c2ccccc2)c2ccc(OC)cc2)cc1.